The Bertz CT molecular complexity index is 532. The first-order valence-electron chi connectivity index (χ1n) is 7.79. The molecule has 2 rings (SSSR count). The molecular weight excluding hydrogens is 304 g/mol. The van der Waals surface area contributed by atoms with Crippen LogP contribution in [0.2, 0.25) is 0 Å². The molecule has 5 nitrogen and oxygen atoms in total. The molecule has 1 N–H and O–H groups in total. The van der Waals surface area contributed by atoms with Crippen LogP contribution < -0.4 is 10.1 Å². The van der Waals surface area contributed by atoms with Crippen molar-refractivity contribution >= 4 is 11.7 Å². The lowest BCUT2D eigenvalue weighted by molar-refractivity contribution is 0.0651. The first-order chi connectivity index (χ1) is 11.0. The summed E-state index contributed by atoms with van der Waals surface area (Å²) < 4.78 is 30.2. The maximum absolute atomic E-state index is 12.3. The molecule has 0 atom stereocenters. The number of anilines is 1. The Hall–Kier alpha value is -1.89. The number of carbonyl (C=O) groups excluding carboxylic acids is 1. The SMILES string of the molecule is CCOc1ccc(NC(=O)N2CCN(CC(F)F)CC2)cc1C. The number of nitrogens with zero attached hydrogens (tertiary/aromatic N) is 2. The van der Waals surface area contributed by atoms with Gasteiger partial charge in [-0.1, -0.05) is 0 Å². The van der Waals surface area contributed by atoms with E-state index in [0.717, 1.165) is 11.3 Å². The van der Waals surface area contributed by atoms with Crippen LogP contribution in [0.5, 0.6) is 5.75 Å². The summed E-state index contributed by atoms with van der Waals surface area (Å²) in [4.78, 5) is 15.6. The maximum Gasteiger partial charge on any atom is 0.321 e. The quantitative estimate of drug-likeness (QED) is 0.904. The summed E-state index contributed by atoms with van der Waals surface area (Å²) in [6.45, 7) is 6.05. The van der Waals surface area contributed by atoms with Crippen LogP contribution in [0.25, 0.3) is 0 Å². The predicted octanol–water partition coefficient (Wildman–Crippen LogP) is 2.81. The minimum Gasteiger partial charge on any atom is -0.494 e. The van der Waals surface area contributed by atoms with Gasteiger partial charge in [-0.3, -0.25) is 4.90 Å². The molecule has 0 spiro atoms. The maximum atomic E-state index is 12.3. The van der Waals surface area contributed by atoms with Gasteiger partial charge in [-0.25, -0.2) is 13.6 Å². The fourth-order valence-corrected chi connectivity index (χ4v) is 2.58. The van der Waals surface area contributed by atoms with Crippen LogP contribution in [0.1, 0.15) is 12.5 Å². The zero-order chi connectivity index (χ0) is 16.8. The van der Waals surface area contributed by atoms with Crippen LogP contribution >= 0.6 is 0 Å². The number of ether oxygens (including phenoxy) is 1. The highest BCUT2D eigenvalue weighted by molar-refractivity contribution is 5.89. The second-order valence-electron chi connectivity index (χ2n) is 5.52. The van der Waals surface area contributed by atoms with Gasteiger partial charge in [0.05, 0.1) is 13.2 Å². The molecule has 0 bridgehead atoms. The minimum atomic E-state index is -2.33. The van der Waals surface area contributed by atoms with Crippen molar-refractivity contribution in [1.82, 2.24) is 9.80 Å². The van der Waals surface area contributed by atoms with Gasteiger partial charge in [-0.05, 0) is 37.6 Å². The van der Waals surface area contributed by atoms with Gasteiger partial charge in [0, 0.05) is 31.9 Å². The summed E-state index contributed by atoms with van der Waals surface area (Å²) in [7, 11) is 0. The third-order valence-electron chi connectivity index (χ3n) is 3.78. The molecule has 0 unspecified atom stereocenters. The van der Waals surface area contributed by atoms with E-state index in [0.29, 0.717) is 38.5 Å². The summed E-state index contributed by atoms with van der Waals surface area (Å²) in [6.07, 6.45) is -2.33. The second-order valence-corrected chi connectivity index (χ2v) is 5.52. The van der Waals surface area contributed by atoms with Crippen molar-refractivity contribution in [2.75, 3.05) is 44.6 Å². The third-order valence-corrected chi connectivity index (χ3v) is 3.78. The number of amides is 2. The van der Waals surface area contributed by atoms with Crippen LogP contribution in [-0.4, -0.2) is 61.6 Å². The van der Waals surface area contributed by atoms with Gasteiger partial charge in [-0.2, -0.15) is 0 Å². The van der Waals surface area contributed by atoms with E-state index in [1.54, 1.807) is 15.9 Å². The van der Waals surface area contributed by atoms with Crippen molar-refractivity contribution < 1.29 is 18.3 Å². The van der Waals surface area contributed by atoms with E-state index in [1.165, 1.54) is 0 Å². The summed E-state index contributed by atoms with van der Waals surface area (Å²) in [6, 6.07) is 5.28. The third kappa shape index (κ3) is 5.06. The zero-order valence-corrected chi connectivity index (χ0v) is 13.5. The smallest absolute Gasteiger partial charge is 0.321 e. The molecule has 0 saturated carbocycles. The van der Waals surface area contributed by atoms with Gasteiger partial charge >= 0.3 is 6.03 Å². The summed E-state index contributed by atoms with van der Waals surface area (Å²) in [5, 5.41) is 2.84. The lowest BCUT2D eigenvalue weighted by Gasteiger charge is -2.34. The van der Waals surface area contributed by atoms with Gasteiger partial charge in [-0.15, -0.1) is 0 Å². The number of benzene rings is 1. The zero-order valence-electron chi connectivity index (χ0n) is 13.5. The van der Waals surface area contributed by atoms with Gasteiger partial charge in [0.25, 0.3) is 6.43 Å². The Balaban J connectivity index is 1.86. The molecule has 2 amide bonds. The average Bonchev–Trinajstić information content (AvgIpc) is 2.50. The highest BCUT2D eigenvalue weighted by Crippen LogP contribution is 2.22. The van der Waals surface area contributed by atoms with Gasteiger partial charge < -0.3 is 15.0 Å². The van der Waals surface area contributed by atoms with E-state index >= 15 is 0 Å². The van der Waals surface area contributed by atoms with Gasteiger partial charge in [0.1, 0.15) is 5.75 Å². The number of rotatable bonds is 5. The molecule has 1 heterocycles. The minimum absolute atomic E-state index is 0.203. The van der Waals surface area contributed by atoms with Crippen molar-refractivity contribution in [2.45, 2.75) is 20.3 Å². The Morgan fingerprint density at radius 2 is 2.00 bits per heavy atom. The number of urea groups is 1. The first-order valence-corrected chi connectivity index (χ1v) is 7.79. The Morgan fingerprint density at radius 3 is 2.57 bits per heavy atom. The molecule has 0 aromatic heterocycles. The molecule has 1 aromatic rings. The normalized spacial score (nSPS) is 15.8. The van der Waals surface area contributed by atoms with Crippen LogP contribution in [0, 0.1) is 6.92 Å². The molecule has 1 fully saturated rings. The largest absolute Gasteiger partial charge is 0.494 e. The molecule has 0 radical (unpaired) electrons. The standard InChI is InChI=1S/C16H23F2N3O2/c1-3-23-14-5-4-13(10-12(14)2)19-16(22)21-8-6-20(7-9-21)11-15(17)18/h4-5,10,15H,3,6-9,11H2,1-2H3,(H,19,22). The summed E-state index contributed by atoms with van der Waals surface area (Å²) in [5.74, 6) is 0.797. The van der Waals surface area contributed by atoms with Crippen LogP contribution in [-0.2, 0) is 0 Å². The van der Waals surface area contributed by atoms with Crippen LogP contribution in [0.4, 0.5) is 19.3 Å². The van der Waals surface area contributed by atoms with E-state index < -0.39 is 6.43 Å². The topological polar surface area (TPSA) is 44.8 Å². The highest BCUT2D eigenvalue weighted by Gasteiger charge is 2.22. The van der Waals surface area contributed by atoms with E-state index in [9.17, 15) is 13.6 Å². The second kappa shape index (κ2) is 8.10. The first kappa shape index (κ1) is 17.5. The summed E-state index contributed by atoms with van der Waals surface area (Å²) >= 11 is 0. The number of carbonyl (C=O) groups is 1. The van der Waals surface area contributed by atoms with Gasteiger partial charge in [0.2, 0.25) is 0 Å². The number of halogens is 2. The number of hydrogen-bond donors (Lipinski definition) is 1. The lowest BCUT2D eigenvalue weighted by atomic mass is 10.2. The number of aryl methyl sites for hydroxylation is 1. The number of nitrogens with one attached hydrogen (secondary N) is 1. The molecule has 1 aromatic carbocycles. The van der Waals surface area contributed by atoms with E-state index in [-0.39, 0.29) is 12.6 Å². The molecule has 7 heteroatoms. The van der Waals surface area contributed by atoms with Crippen molar-refractivity contribution in [3.63, 3.8) is 0 Å². The fraction of sp³-hybridized carbons (Fsp3) is 0.562. The average molecular weight is 327 g/mol. The van der Waals surface area contributed by atoms with Crippen molar-refractivity contribution in [2.24, 2.45) is 0 Å². The molecular formula is C16H23F2N3O2. The van der Waals surface area contributed by atoms with E-state index in [2.05, 4.69) is 5.32 Å². The van der Waals surface area contributed by atoms with E-state index in [1.807, 2.05) is 26.0 Å². The summed E-state index contributed by atoms with van der Waals surface area (Å²) in [5.41, 5.74) is 1.65. The molecule has 1 saturated heterocycles. The Morgan fingerprint density at radius 1 is 1.30 bits per heavy atom. The predicted molar refractivity (Wildman–Crippen MR) is 85.4 cm³/mol. The van der Waals surface area contributed by atoms with Crippen molar-refractivity contribution in [3.8, 4) is 5.75 Å². The molecule has 23 heavy (non-hydrogen) atoms. The number of alkyl halides is 2. The van der Waals surface area contributed by atoms with Gasteiger partial charge in [0.15, 0.2) is 0 Å². The fourth-order valence-electron chi connectivity index (χ4n) is 2.58. The molecule has 0 aliphatic carbocycles. The Labute approximate surface area is 135 Å². The van der Waals surface area contributed by atoms with E-state index in [4.69, 9.17) is 4.74 Å². The van der Waals surface area contributed by atoms with Crippen LogP contribution in [0.3, 0.4) is 0 Å². The highest BCUT2D eigenvalue weighted by atomic mass is 19.3. The molecule has 1 aliphatic heterocycles. The molecule has 1 aliphatic rings. The lowest BCUT2D eigenvalue weighted by Crippen LogP contribution is -2.50. The Kier molecular flexibility index (Phi) is 6.15. The number of piperazine rings is 1. The van der Waals surface area contributed by atoms with Crippen molar-refractivity contribution in [1.29, 1.82) is 0 Å². The van der Waals surface area contributed by atoms with Crippen molar-refractivity contribution in [3.05, 3.63) is 23.8 Å². The van der Waals surface area contributed by atoms with Crippen LogP contribution in [0.15, 0.2) is 18.2 Å². The monoisotopic (exact) mass is 327 g/mol. The number of hydrogen-bond acceptors (Lipinski definition) is 3. The molecule has 128 valence electrons.